The van der Waals surface area contributed by atoms with Crippen molar-refractivity contribution in [1.82, 2.24) is 0 Å². The van der Waals surface area contributed by atoms with Gasteiger partial charge < -0.3 is 14.2 Å². The van der Waals surface area contributed by atoms with Crippen LogP contribution < -0.4 is 9.47 Å². The first-order chi connectivity index (χ1) is 16.0. The molecular weight excluding hydrogens is 486 g/mol. The van der Waals surface area contributed by atoms with E-state index >= 15 is 0 Å². The smallest absolute Gasteiger partial charge is 0.363 e. The number of benzene rings is 3. The van der Waals surface area contributed by atoms with Crippen molar-refractivity contribution in [2.24, 2.45) is 4.99 Å². The molecule has 1 heterocycles. The van der Waals surface area contributed by atoms with Gasteiger partial charge in [-0.25, -0.2) is 9.79 Å². The number of aliphatic imine (C=N–C) groups is 1. The predicted molar refractivity (Wildman–Crippen MR) is 128 cm³/mol. The van der Waals surface area contributed by atoms with Gasteiger partial charge in [0, 0.05) is 10.0 Å². The van der Waals surface area contributed by atoms with E-state index in [9.17, 15) is 9.59 Å². The number of rotatable bonds is 7. The van der Waals surface area contributed by atoms with Crippen LogP contribution in [0.4, 0.5) is 0 Å². The zero-order valence-corrected chi connectivity index (χ0v) is 19.4. The molecule has 0 aliphatic carbocycles. The minimum atomic E-state index is -0.538. The summed E-state index contributed by atoms with van der Waals surface area (Å²) in [6.07, 6.45) is 1.75. The lowest BCUT2D eigenvalue weighted by Crippen LogP contribution is -2.12. The summed E-state index contributed by atoms with van der Waals surface area (Å²) < 4.78 is 17.4. The highest BCUT2D eigenvalue weighted by Gasteiger charge is 2.24. The van der Waals surface area contributed by atoms with Gasteiger partial charge in [0.25, 0.3) is 0 Å². The van der Waals surface area contributed by atoms with Crippen molar-refractivity contribution in [2.75, 3.05) is 6.61 Å². The summed E-state index contributed by atoms with van der Waals surface area (Å²) in [6.45, 7) is 2.22. The highest BCUT2D eigenvalue weighted by atomic mass is 79.9. The molecule has 0 N–H and O–H groups in total. The average Bonchev–Trinajstić information content (AvgIpc) is 3.17. The quantitative estimate of drug-likeness (QED) is 0.246. The summed E-state index contributed by atoms with van der Waals surface area (Å²) in [5.74, 6) is 0.0283. The highest BCUT2D eigenvalue weighted by molar-refractivity contribution is 9.10. The van der Waals surface area contributed by atoms with E-state index in [-0.39, 0.29) is 18.0 Å². The van der Waals surface area contributed by atoms with Gasteiger partial charge in [0.1, 0.15) is 0 Å². The Labute approximate surface area is 199 Å². The molecule has 0 aromatic heterocycles. The zero-order valence-electron chi connectivity index (χ0n) is 17.8. The Hall–Kier alpha value is -3.71. The van der Waals surface area contributed by atoms with Gasteiger partial charge in [0.05, 0.1) is 13.0 Å². The minimum absolute atomic E-state index is 0.150. The van der Waals surface area contributed by atoms with Crippen LogP contribution >= 0.6 is 15.9 Å². The zero-order chi connectivity index (χ0) is 23.2. The van der Waals surface area contributed by atoms with Crippen LogP contribution in [-0.4, -0.2) is 24.4 Å². The van der Waals surface area contributed by atoms with Crippen LogP contribution in [0.1, 0.15) is 23.6 Å². The molecule has 33 heavy (non-hydrogen) atoms. The standard InChI is InChI=1S/C26H20BrNO5/c1-2-31-23-15-18(8-13-22(23)32-24(29)16-17-6-4-3-5-7-17)14-21-26(30)33-25(28-21)19-9-11-20(27)12-10-19/h3-15H,2,16H2,1H3/b21-14+. The second-order valence-electron chi connectivity index (χ2n) is 7.12. The van der Waals surface area contributed by atoms with Gasteiger partial charge in [-0.3, -0.25) is 4.79 Å². The molecule has 0 fully saturated rings. The first-order valence-electron chi connectivity index (χ1n) is 10.3. The van der Waals surface area contributed by atoms with Crippen molar-refractivity contribution >= 4 is 39.8 Å². The molecule has 0 spiro atoms. The number of halogens is 1. The van der Waals surface area contributed by atoms with E-state index in [2.05, 4.69) is 20.9 Å². The van der Waals surface area contributed by atoms with E-state index in [1.807, 2.05) is 61.5 Å². The number of carbonyl (C=O) groups excluding carboxylic acids is 2. The lowest BCUT2D eigenvalue weighted by molar-refractivity contribution is -0.133. The molecule has 0 bridgehead atoms. The lowest BCUT2D eigenvalue weighted by Gasteiger charge is -2.11. The fourth-order valence-corrected chi connectivity index (χ4v) is 3.44. The van der Waals surface area contributed by atoms with Crippen LogP contribution in [0.25, 0.3) is 6.08 Å². The monoisotopic (exact) mass is 505 g/mol. The Morgan fingerprint density at radius 1 is 1.03 bits per heavy atom. The molecule has 0 amide bonds. The molecule has 4 rings (SSSR count). The van der Waals surface area contributed by atoms with Gasteiger partial charge in [0.2, 0.25) is 5.90 Å². The molecule has 7 heteroatoms. The van der Waals surface area contributed by atoms with Crippen LogP contribution in [-0.2, 0) is 20.7 Å². The molecule has 1 aliphatic rings. The van der Waals surface area contributed by atoms with Crippen molar-refractivity contribution in [2.45, 2.75) is 13.3 Å². The Morgan fingerprint density at radius 3 is 2.52 bits per heavy atom. The largest absolute Gasteiger partial charge is 0.490 e. The lowest BCUT2D eigenvalue weighted by atomic mass is 10.1. The third-order valence-corrected chi connectivity index (χ3v) is 5.23. The summed E-state index contributed by atoms with van der Waals surface area (Å²) >= 11 is 3.38. The normalized spacial score (nSPS) is 14.1. The third kappa shape index (κ3) is 5.75. The summed E-state index contributed by atoms with van der Waals surface area (Å²) in [6, 6.07) is 21.7. The molecular formula is C26H20BrNO5. The fourth-order valence-electron chi connectivity index (χ4n) is 3.17. The summed E-state index contributed by atoms with van der Waals surface area (Å²) in [5.41, 5.74) is 2.39. The van der Waals surface area contributed by atoms with Crippen molar-refractivity contribution in [3.8, 4) is 11.5 Å². The number of nitrogens with zero attached hydrogens (tertiary/aromatic N) is 1. The molecule has 166 valence electrons. The molecule has 1 aliphatic heterocycles. The van der Waals surface area contributed by atoms with Gasteiger partial charge >= 0.3 is 11.9 Å². The summed E-state index contributed by atoms with van der Waals surface area (Å²) in [4.78, 5) is 29.0. The number of hydrogen-bond donors (Lipinski definition) is 0. The fraction of sp³-hybridized carbons (Fsp3) is 0.115. The van der Waals surface area contributed by atoms with E-state index in [1.165, 1.54) is 0 Å². The number of esters is 2. The van der Waals surface area contributed by atoms with Crippen LogP contribution in [0, 0.1) is 0 Å². The first-order valence-corrected chi connectivity index (χ1v) is 11.1. The topological polar surface area (TPSA) is 74.2 Å². The molecule has 0 saturated heterocycles. The Kier molecular flexibility index (Phi) is 7.00. The van der Waals surface area contributed by atoms with Crippen molar-refractivity contribution < 1.29 is 23.8 Å². The van der Waals surface area contributed by atoms with Crippen LogP contribution in [0.2, 0.25) is 0 Å². The number of cyclic esters (lactones) is 1. The highest BCUT2D eigenvalue weighted by Crippen LogP contribution is 2.30. The first kappa shape index (κ1) is 22.5. The maximum absolute atomic E-state index is 12.4. The molecule has 6 nitrogen and oxygen atoms in total. The predicted octanol–water partition coefficient (Wildman–Crippen LogP) is 5.34. The minimum Gasteiger partial charge on any atom is -0.490 e. The van der Waals surface area contributed by atoms with E-state index in [0.717, 1.165) is 10.0 Å². The van der Waals surface area contributed by atoms with Crippen molar-refractivity contribution in [1.29, 1.82) is 0 Å². The SMILES string of the molecule is CCOc1cc(/C=C2/N=C(c3ccc(Br)cc3)OC2=O)ccc1OC(=O)Cc1ccccc1. The van der Waals surface area contributed by atoms with Crippen LogP contribution in [0.3, 0.4) is 0 Å². The van der Waals surface area contributed by atoms with Gasteiger partial charge in [0.15, 0.2) is 17.2 Å². The Balaban J connectivity index is 1.54. The van der Waals surface area contributed by atoms with Crippen LogP contribution in [0.5, 0.6) is 11.5 Å². The number of hydrogen-bond acceptors (Lipinski definition) is 6. The van der Waals surface area contributed by atoms with Gasteiger partial charge in [-0.1, -0.05) is 52.3 Å². The molecule has 0 unspecified atom stereocenters. The van der Waals surface area contributed by atoms with Gasteiger partial charge in [-0.05, 0) is 60.5 Å². The maximum atomic E-state index is 12.4. The Bertz CT molecular complexity index is 1230. The van der Waals surface area contributed by atoms with Crippen molar-refractivity contribution in [3.63, 3.8) is 0 Å². The van der Waals surface area contributed by atoms with E-state index in [0.29, 0.717) is 29.2 Å². The molecule has 0 saturated carbocycles. The van der Waals surface area contributed by atoms with E-state index in [4.69, 9.17) is 14.2 Å². The molecule has 0 atom stereocenters. The summed E-state index contributed by atoms with van der Waals surface area (Å²) in [7, 11) is 0. The van der Waals surface area contributed by atoms with Crippen molar-refractivity contribution in [3.05, 3.63) is 99.7 Å². The van der Waals surface area contributed by atoms with E-state index in [1.54, 1.807) is 24.3 Å². The van der Waals surface area contributed by atoms with Gasteiger partial charge in [-0.15, -0.1) is 0 Å². The maximum Gasteiger partial charge on any atom is 0.363 e. The molecule has 3 aromatic rings. The second-order valence-corrected chi connectivity index (χ2v) is 8.03. The average molecular weight is 506 g/mol. The van der Waals surface area contributed by atoms with E-state index < -0.39 is 11.9 Å². The summed E-state index contributed by atoms with van der Waals surface area (Å²) in [5, 5.41) is 0. The second kappa shape index (κ2) is 10.3. The number of ether oxygens (including phenoxy) is 3. The molecule has 3 aromatic carbocycles. The number of carbonyl (C=O) groups is 2. The molecule has 0 radical (unpaired) electrons. The Morgan fingerprint density at radius 2 is 1.79 bits per heavy atom. The van der Waals surface area contributed by atoms with Crippen LogP contribution in [0.15, 0.2) is 88.0 Å². The third-order valence-electron chi connectivity index (χ3n) is 4.70. The van der Waals surface area contributed by atoms with Gasteiger partial charge in [-0.2, -0.15) is 0 Å².